The minimum absolute atomic E-state index is 0.0174. The SMILES string of the molecule is COc1cccc(CN(C(=O)CN(c2cccc(Cl)c2Cl)S(C)(=O)=O)C(C)C(=O)NC2CCCC2)c1. The highest BCUT2D eigenvalue weighted by Crippen LogP contribution is 2.33. The first kappa shape index (κ1) is 28.1. The standard InChI is InChI=1S/C25H31Cl2N3O5S/c1-17(25(32)28-19-9-4-5-10-19)29(15-18-8-6-11-20(14-18)35-2)23(31)16-30(36(3,33)34)22-13-7-12-21(26)24(22)27/h6-8,11-14,17,19H,4-5,9-10,15-16H2,1-3H3,(H,28,32). The molecular weight excluding hydrogens is 525 g/mol. The molecular formula is C25H31Cl2N3O5S. The van der Waals surface area contributed by atoms with Crippen LogP contribution in [0.25, 0.3) is 0 Å². The Bertz CT molecular complexity index is 1200. The number of sulfonamides is 1. The molecule has 0 bridgehead atoms. The van der Waals surface area contributed by atoms with Gasteiger partial charge in [-0.1, -0.05) is 54.2 Å². The van der Waals surface area contributed by atoms with Crippen molar-refractivity contribution in [3.05, 3.63) is 58.1 Å². The van der Waals surface area contributed by atoms with E-state index in [1.165, 1.54) is 17.0 Å². The average molecular weight is 557 g/mol. The lowest BCUT2D eigenvalue weighted by Crippen LogP contribution is -2.52. The molecule has 11 heteroatoms. The molecule has 196 valence electrons. The minimum Gasteiger partial charge on any atom is -0.497 e. The van der Waals surface area contributed by atoms with Crippen molar-refractivity contribution in [1.29, 1.82) is 0 Å². The van der Waals surface area contributed by atoms with Gasteiger partial charge in [0.2, 0.25) is 21.8 Å². The van der Waals surface area contributed by atoms with Crippen LogP contribution in [0.4, 0.5) is 5.69 Å². The topological polar surface area (TPSA) is 96.0 Å². The fraction of sp³-hybridized carbons (Fsp3) is 0.440. The van der Waals surface area contributed by atoms with E-state index in [-0.39, 0.29) is 34.2 Å². The third kappa shape index (κ3) is 7.05. The molecule has 1 saturated carbocycles. The molecule has 1 atom stereocenters. The molecule has 36 heavy (non-hydrogen) atoms. The van der Waals surface area contributed by atoms with Gasteiger partial charge in [-0.25, -0.2) is 8.42 Å². The summed E-state index contributed by atoms with van der Waals surface area (Å²) >= 11 is 12.4. The number of halogens is 2. The first-order valence-corrected chi connectivity index (χ1v) is 14.3. The Morgan fingerprint density at radius 3 is 2.44 bits per heavy atom. The second kappa shape index (κ2) is 12.2. The number of nitrogens with one attached hydrogen (secondary N) is 1. The molecule has 1 aliphatic rings. The van der Waals surface area contributed by atoms with Crippen LogP contribution in [0.5, 0.6) is 5.75 Å². The van der Waals surface area contributed by atoms with E-state index < -0.39 is 28.5 Å². The Kier molecular flexibility index (Phi) is 9.49. The van der Waals surface area contributed by atoms with E-state index in [4.69, 9.17) is 27.9 Å². The molecule has 2 aromatic rings. The molecule has 8 nitrogen and oxygen atoms in total. The van der Waals surface area contributed by atoms with Crippen molar-refractivity contribution in [2.75, 3.05) is 24.2 Å². The Morgan fingerprint density at radius 2 is 1.81 bits per heavy atom. The van der Waals surface area contributed by atoms with Gasteiger partial charge in [-0.15, -0.1) is 0 Å². The van der Waals surface area contributed by atoms with Crippen molar-refractivity contribution in [3.63, 3.8) is 0 Å². The van der Waals surface area contributed by atoms with Gasteiger partial charge in [-0.2, -0.15) is 0 Å². The Labute approximate surface area is 222 Å². The Morgan fingerprint density at radius 1 is 1.14 bits per heavy atom. The molecule has 0 saturated heterocycles. The molecule has 0 aromatic heterocycles. The maximum absolute atomic E-state index is 13.6. The lowest BCUT2D eigenvalue weighted by Gasteiger charge is -2.32. The summed E-state index contributed by atoms with van der Waals surface area (Å²) in [4.78, 5) is 28.1. The number of ether oxygens (including phenoxy) is 1. The van der Waals surface area contributed by atoms with Crippen LogP contribution in [0.1, 0.15) is 38.2 Å². The number of rotatable bonds is 10. The number of hydrogen-bond donors (Lipinski definition) is 1. The second-order valence-corrected chi connectivity index (χ2v) is 11.6. The number of hydrogen-bond acceptors (Lipinski definition) is 5. The molecule has 0 radical (unpaired) electrons. The third-order valence-corrected chi connectivity index (χ3v) is 8.17. The zero-order valence-corrected chi connectivity index (χ0v) is 22.9. The average Bonchev–Trinajstić information content (AvgIpc) is 3.35. The molecule has 0 heterocycles. The quantitative estimate of drug-likeness (QED) is 0.472. The summed E-state index contributed by atoms with van der Waals surface area (Å²) in [6.45, 7) is 1.17. The van der Waals surface area contributed by atoms with Crippen LogP contribution in [0.15, 0.2) is 42.5 Å². The summed E-state index contributed by atoms with van der Waals surface area (Å²) in [6.07, 6.45) is 4.89. The van der Waals surface area contributed by atoms with Gasteiger partial charge in [0, 0.05) is 12.6 Å². The van der Waals surface area contributed by atoms with Crippen LogP contribution in [0, 0.1) is 0 Å². The zero-order valence-electron chi connectivity index (χ0n) is 20.5. The van der Waals surface area contributed by atoms with E-state index in [2.05, 4.69) is 5.32 Å². The molecule has 3 rings (SSSR count). The van der Waals surface area contributed by atoms with E-state index in [0.29, 0.717) is 5.75 Å². The summed E-state index contributed by atoms with van der Waals surface area (Å²) in [6, 6.07) is 10.9. The molecule has 2 aromatic carbocycles. The van der Waals surface area contributed by atoms with Crippen LogP contribution >= 0.6 is 23.2 Å². The maximum Gasteiger partial charge on any atom is 0.244 e. The summed E-state index contributed by atoms with van der Waals surface area (Å²) in [5.74, 6) is -0.246. The summed E-state index contributed by atoms with van der Waals surface area (Å²) in [5, 5.41) is 3.20. The minimum atomic E-state index is -3.91. The zero-order chi connectivity index (χ0) is 26.5. The van der Waals surface area contributed by atoms with Crippen molar-refractivity contribution >= 4 is 50.7 Å². The van der Waals surface area contributed by atoms with Gasteiger partial charge in [0.25, 0.3) is 0 Å². The number of methoxy groups -OCH3 is 1. The van der Waals surface area contributed by atoms with Gasteiger partial charge in [0.05, 0.1) is 29.1 Å². The van der Waals surface area contributed by atoms with Crippen LogP contribution in [-0.4, -0.2) is 57.1 Å². The fourth-order valence-electron chi connectivity index (χ4n) is 4.22. The fourth-order valence-corrected chi connectivity index (χ4v) is 5.52. The van der Waals surface area contributed by atoms with Gasteiger partial charge < -0.3 is 15.0 Å². The Balaban J connectivity index is 1.92. The number of anilines is 1. The first-order valence-electron chi connectivity index (χ1n) is 11.7. The van der Waals surface area contributed by atoms with Crippen LogP contribution in [-0.2, 0) is 26.2 Å². The normalized spacial score (nSPS) is 14.8. The molecule has 1 unspecified atom stereocenters. The molecule has 1 aliphatic carbocycles. The number of nitrogens with zero attached hydrogens (tertiary/aromatic N) is 2. The lowest BCUT2D eigenvalue weighted by molar-refractivity contribution is -0.139. The monoisotopic (exact) mass is 555 g/mol. The molecule has 1 fully saturated rings. The van der Waals surface area contributed by atoms with E-state index in [1.54, 1.807) is 38.3 Å². The van der Waals surface area contributed by atoms with Crippen molar-refractivity contribution in [3.8, 4) is 5.75 Å². The van der Waals surface area contributed by atoms with E-state index in [1.807, 2.05) is 6.07 Å². The van der Waals surface area contributed by atoms with E-state index in [0.717, 1.165) is 41.8 Å². The van der Waals surface area contributed by atoms with Crippen LogP contribution < -0.4 is 14.4 Å². The summed E-state index contributed by atoms with van der Waals surface area (Å²) < 4.78 is 31.6. The van der Waals surface area contributed by atoms with Gasteiger partial charge >= 0.3 is 0 Å². The van der Waals surface area contributed by atoms with E-state index in [9.17, 15) is 18.0 Å². The van der Waals surface area contributed by atoms with Gasteiger partial charge in [-0.05, 0) is 49.6 Å². The number of carbonyl (C=O) groups excluding carboxylic acids is 2. The van der Waals surface area contributed by atoms with E-state index >= 15 is 0 Å². The predicted molar refractivity (Wildman–Crippen MR) is 142 cm³/mol. The smallest absolute Gasteiger partial charge is 0.244 e. The highest BCUT2D eigenvalue weighted by Gasteiger charge is 2.32. The largest absolute Gasteiger partial charge is 0.497 e. The third-order valence-electron chi connectivity index (χ3n) is 6.24. The summed E-state index contributed by atoms with van der Waals surface area (Å²) in [7, 11) is -2.37. The summed E-state index contributed by atoms with van der Waals surface area (Å²) in [5.41, 5.74) is 0.819. The van der Waals surface area contributed by atoms with Crippen molar-refractivity contribution in [1.82, 2.24) is 10.2 Å². The maximum atomic E-state index is 13.6. The molecule has 1 N–H and O–H groups in total. The molecule has 0 aliphatic heterocycles. The van der Waals surface area contributed by atoms with Crippen molar-refractivity contribution < 1.29 is 22.7 Å². The predicted octanol–water partition coefficient (Wildman–Crippen LogP) is 4.24. The highest BCUT2D eigenvalue weighted by molar-refractivity contribution is 7.92. The van der Waals surface area contributed by atoms with Gasteiger partial charge in [-0.3, -0.25) is 13.9 Å². The van der Waals surface area contributed by atoms with Crippen molar-refractivity contribution in [2.45, 2.75) is 51.2 Å². The molecule has 2 amide bonds. The van der Waals surface area contributed by atoms with Crippen molar-refractivity contribution in [2.24, 2.45) is 0 Å². The Hall–Kier alpha value is -2.49. The lowest BCUT2D eigenvalue weighted by atomic mass is 10.1. The highest BCUT2D eigenvalue weighted by atomic mass is 35.5. The molecule has 0 spiro atoms. The number of amides is 2. The van der Waals surface area contributed by atoms with Gasteiger partial charge in [0.1, 0.15) is 18.3 Å². The number of benzene rings is 2. The van der Waals surface area contributed by atoms with Crippen LogP contribution in [0.3, 0.4) is 0 Å². The van der Waals surface area contributed by atoms with Gasteiger partial charge in [0.15, 0.2) is 0 Å². The first-order chi connectivity index (χ1) is 17.0. The van der Waals surface area contributed by atoms with Crippen LogP contribution in [0.2, 0.25) is 10.0 Å². The second-order valence-electron chi connectivity index (χ2n) is 8.88. The number of carbonyl (C=O) groups is 2.